The van der Waals surface area contributed by atoms with Crippen LogP contribution >= 0.6 is 0 Å². The number of hydrogen-bond donors (Lipinski definition) is 0. The molecule has 2 heterocycles. The van der Waals surface area contributed by atoms with Crippen molar-refractivity contribution < 1.29 is 4.39 Å². The molecule has 0 atom stereocenters. The van der Waals surface area contributed by atoms with Crippen molar-refractivity contribution >= 4 is 0 Å². The molecule has 19 heavy (non-hydrogen) atoms. The first-order valence-corrected chi connectivity index (χ1v) is 5.96. The number of hydrogen-bond acceptors (Lipinski definition) is 2. The van der Waals surface area contributed by atoms with Gasteiger partial charge < -0.3 is 0 Å². The van der Waals surface area contributed by atoms with Crippen molar-refractivity contribution in [3.05, 3.63) is 66.4 Å². The molecule has 1 aromatic carbocycles. The Morgan fingerprint density at radius 3 is 2.79 bits per heavy atom. The van der Waals surface area contributed by atoms with Crippen LogP contribution < -0.4 is 0 Å². The topological polar surface area (TPSA) is 30.7 Å². The highest BCUT2D eigenvalue weighted by Gasteiger charge is 2.05. The fourth-order valence-electron chi connectivity index (χ4n) is 1.91. The van der Waals surface area contributed by atoms with E-state index in [0.717, 1.165) is 22.5 Å². The fourth-order valence-corrected chi connectivity index (χ4v) is 1.91. The van der Waals surface area contributed by atoms with Crippen molar-refractivity contribution in [2.24, 2.45) is 0 Å². The van der Waals surface area contributed by atoms with E-state index in [2.05, 4.69) is 10.1 Å². The first-order valence-electron chi connectivity index (χ1n) is 5.96. The van der Waals surface area contributed by atoms with E-state index in [4.69, 9.17) is 0 Å². The SMILES string of the molecule is Cc1ccnc(-n2cc(-c3cccc(F)c3)cn2)c1. The Balaban J connectivity index is 2.00. The molecule has 0 fully saturated rings. The van der Waals surface area contributed by atoms with Gasteiger partial charge in [0.1, 0.15) is 5.82 Å². The van der Waals surface area contributed by atoms with Gasteiger partial charge in [0, 0.05) is 18.0 Å². The third-order valence-corrected chi connectivity index (χ3v) is 2.88. The van der Waals surface area contributed by atoms with E-state index in [9.17, 15) is 4.39 Å². The largest absolute Gasteiger partial charge is 0.237 e. The van der Waals surface area contributed by atoms with Gasteiger partial charge in [-0.15, -0.1) is 0 Å². The summed E-state index contributed by atoms with van der Waals surface area (Å²) in [5.74, 6) is 0.501. The zero-order valence-electron chi connectivity index (χ0n) is 10.4. The fraction of sp³-hybridized carbons (Fsp3) is 0.0667. The summed E-state index contributed by atoms with van der Waals surface area (Å²) in [5.41, 5.74) is 2.79. The van der Waals surface area contributed by atoms with E-state index in [0.29, 0.717) is 0 Å². The molecular formula is C15H12FN3. The van der Waals surface area contributed by atoms with Gasteiger partial charge in [-0.05, 0) is 42.3 Å². The summed E-state index contributed by atoms with van der Waals surface area (Å²) in [4.78, 5) is 4.26. The van der Waals surface area contributed by atoms with Crippen LogP contribution in [0.1, 0.15) is 5.56 Å². The molecule has 94 valence electrons. The maximum absolute atomic E-state index is 13.2. The summed E-state index contributed by atoms with van der Waals surface area (Å²) < 4.78 is 14.9. The monoisotopic (exact) mass is 253 g/mol. The summed E-state index contributed by atoms with van der Waals surface area (Å²) in [6, 6.07) is 10.3. The van der Waals surface area contributed by atoms with Crippen LogP contribution in [0.4, 0.5) is 4.39 Å². The van der Waals surface area contributed by atoms with Crippen molar-refractivity contribution in [2.45, 2.75) is 6.92 Å². The molecule has 3 aromatic rings. The molecule has 0 unspecified atom stereocenters. The Hall–Kier alpha value is -2.49. The normalized spacial score (nSPS) is 10.6. The number of aryl methyl sites for hydroxylation is 1. The minimum atomic E-state index is -0.251. The smallest absolute Gasteiger partial charge is 0.153 e. The van der Waals surface area contributed by atoms with Gasteiger partial charge in [-0.25, -0.2) is 14.1 Å². The van der Waals surface area contributed by atoms with Gasteiger partial charge in [-0.3, -0.25) is 0 Å². The third-order valence-electron chi connectivity index (χ3n) is 2.88. The van der Waals surface area contributed by atoms with Crippen molar-refractivity contribution in [3.8, 4) is 16.9 Å². The van der Waals surface area contributed by atoms with Crippen molar-refractivity contribution in [3.63, 3.8) is 0 Å². The second-order valence-electron chi connectivity index (χ2n) is 4.38. The zero-order valence-corrected chi connectivity index (χ0v) is 10.4. The lowest BCUT2D eigenvalue weighted by atomic mass is 10.1. The Labute approximate surface area is 110 Å². The molecule has 0 amide bonds. The summed E-state index contributed by atoms with van der Waals surface area (Å²) in [7, 11) is 0. The summed E-state index contributed by atoms with van der Waals surface area (Å²) >= 11 is 0. The van der Waals surface area contributed by atoms with Crippen LogP contribution in [0.3, 0.4) is 0 Å². The van der Waals surface area contributed by atoms with Gasteiger partial charge in [0.05, 0.1) is 6.20 Å². The minimum absolute atomic E-state index is 0.251. The van der Waals surface area contributed by atoms with Crippen LogP contribution in [-0.4, -0.2) is 14.8 Å². The van der Waals surface area contributed by atoms with Crippen molar-refractivity contribution in [2.75, 3.05) is 0 Å². The van der Waals surface area contributed by atoms with E-state index >= 15 is 0 Å². The highest BCUT2D eigenvalue weighted by atomic mass is 19.1. The molecule has 3 nitrogen and oxygen atoms in total. The van der Waals surface area contributed by atoms with Crippen LogP contribution in [0.5, 0.6) is 0 Å². The Kier molecular flexibility index (Phi) is 2.83. The number of benzene rings is 1. The van der Waals surface area contributed by atoms with Crippen molar-refractivity contribution in [1.29, 1.82) is 0 Å². The summed E-state index contributed by atoms with van der Waals surface area (Å²) in [5, 5.41) is 4.27. The maximum atomic E-state index is 13.2. The van der Waals surface area contributed by atoms with Crippen LogP contribution in [-0.2, 0) is 0 Å². The quantitative estimate of drug-likeness (QED) is 0.701. The first kappa shape index (κ1) is 11.6. The van der Waals surface area contributed by atoms with Gasteiger partial charge >= 0.3 is 0 Å². The van der Waals surface area contributed by atoms with E-state index in [1.807, 2.05) is 31.3 Å². The molecule has 0 radical (unpaired) electrons. The molecule has 0 aliphatic rings. The van der Waals surface area contributed by atoms with E-state index in [-0.39, 0.29) is 5.82 Å². The number of halogens is 1. The van der Waals surface area contributed by atoms with Gasteiger partial charge in [-0.1, -0.05) is 12.1 Å². The lowest BCUT2D eigenvalue weighted by molar-refractivity contribution is 0.628. The lowest BCUT2D eigenvalue weighted by Crippen LogP contribution is -1.97. The molecule has 0 saturated heterocycles. The zero-order chi connectivity index (χ0) is 13.2. The van der Waals surface area contributed by atoms with Crippen molar-refractivity contribution in [1.82, 2.24) is 14.8 Å². The first-order chi connectivity index (χ1) is 9.22. The van der Waals surface area contributed by atoms with Gasteiger partial charge in [0.25, 0.3) is 0 Å². The number of aromatic nitrogens is 3. The van der Waals surface area contributed by atoms with Gasteiger partial charge in [0.15, 0.2) is 5.82 Å². The standard InChI is InChI=1S/C15H12FN3/c1-11-5-6-17-15(7-11)19-10-13(9-18-19)12-3-2-4-14(16)8-12/h2-10H,1H3. The molecule has 0 N–H and O–H groups in total. The second-order valence-corrected chi connectivity index (χ2v) is 4.38. The molecule has 3 rings (SSSR count). The predicted octanol–water partition coefficient (Wildman–Crippen LogP) is 3.38. The van der Waals surface area contributed by atoms with Crippen LogP contribution in [0, 0.1) is 12.7 Å². The molecule has 0 bridgehead atoms. The minimum Gasteiger partial charge on any atom is -0.237 e. The van der Waals surface area contributed by atoms with Gasteiger partial charge in [0.2, 0.25) is 0 Å². The Morgan fingerprint density at radius 2 is 2.00 bits per heavy atom. The van der Waals surface area contributed by atoms with E-state index in [1.54, 1.807) is 23.1 Å². The lowest BCUT2D eigenvalue weighted by Gasteiger charge is -2.00. The van der Waals surface area contributed by atoms with E-state index < -0.39 is 0 Å². The van der Waals surface area contributed by atoms with Crippen LogP contribution in [0.15, 0.2) is 55.0 Å². The number of nitrogens with zero attached hydrogens (tertiary/aromatic N) is 3. The number of rotatable bonds is 2. The average Bonchev–Trinajstić information content (AvgIpc) is 2.88. The summed E-state index contributed by atoms with van der Waals surface area (Å²) in [6.45, 7) is 2.00. The average molecular weight is 253 g/mol. The third kappa shape index (κ3) is 2.38. The Bertz CT molecular complexity index is 659. The highest BCUT2D eigenvalue weighted by molar-refractivity contribution is 5.62. The second kappa shape index (κ2) is 4.65. The molecule has 0 aliphatic carbocycles. The van der Waals surface area contributed by atoms with Crippen LogP contribution in [0.2, 0.25) is 0 Å². The molecule has 0 spiro atoms. The maximum Gasteiger partial charge on any atom is 0.153 e. The van der Waals surface area contributed by atoms with Crippen LogP contribution in [0.25, 0.3) is 16.9 Å². The molecular weight excluding hydrogens is 241 g/mol. The molecule has 4 heteroatoms. The summed E-state index contributed by atoms with van der Waals surface area (Å²) in [6.07, 6.45) is 5.30. The number of pyridine rings is 1. The predicted molar refractivity (Wildman–Crippen MR) is 71.5 cm³/mol. The Morgan fingerprint density at radius 1 is 1.11 bits per heavy atom. The molecule has 0 aliphatic heterocycles. The molecule has 2 aromatic heterocycles. The highest BCUT2D eigenvalue weighted by Crippen LogP contribution is 2.20. The van der Waals surface area contributed by atoms with Gasteiger partial charge in [-0.2, -0.15) is 5.10 Å². The van der Waals surface area contributed by atoms with E-state index in [1.165, 1.54) is 12.1 Å². The molecule has 0 saturated carbocycles.